The van der Waals surface area contributed by atoms with E-state index in [-0.39, 0.29) is 5.69 Å². The predicted molar refractivity (Wildman–Crippen MR) is 83.9 cm³/mol. The molecule has 0 amide bonds. The van der Waals surface area contributed by atoms with Gasteiger partial charge in [-0.1, -0.05) is 0 Å². The number of esters is 1. The van der Waals surface area contributed by atoms with Crippen LogP contribution in [0.25, 0.3) is 0 Å². The van der Waals surface area contributed by atoms with E-state index in [1.807, 2.05) is 22.6 Å². The molecule has 0 N–H and O–H groups in total. The van der Waals surface area contributed by atoms with Crippen molar-refractivity contribution in [1.82, 2.24) is 4.57 Å². The maximum Gasteiger partial charge on any atom is 0.420 e. The molecule has 0 saturated heterocycles. The fourth-order valence-electron chi connectivity index (χ4n) is 1.39. The van der Waals surface area contributed by atoms with Gasteiger partial charge in [-0.3, -0.25) is 0 Å². The van der Waals surface area contributed by atoms with Gasteiger partial charge in [-0.25, -0.2) is 14.2 Å². The summed E-state index contributed by atoms with van der Waals surface area (Å²) >= 11 is 1.97. The monoisotopic (exact) mass is 393 g/mol. The number of carbonyl (C=O) groups is 2. The molecule has 0 atom stereocenters. The molecule has 0 bridgehead atoms. The number of hydrogen-bond acceptors (Lipinski definition) is 4. The molecule has 0 radical (unpaired) electrons. The zero-order valence-electron chi connectivity index (χ0n) is 12.6. The SMILES string of the molecule is CC(C)(C)OC(=O)c1ccc(I)n1C(=O)OC(C)(C)C. The zero-order valence-corrected chi connectivity index (χ0v) is 14.8. The Morgan fingerprint density at radius 3 is 1.95 bits per heavy atom. The van der Waals surface area contributed by atoms with Gasteiger partial charge in [0, 0.05) is 0 Å². The number of aromatic nitrogens is 1. The zero-order chi connectivity index (χ0) is 15.7. The van der Waals surface area contributed by atoms with E-state index in [2.05, 4.69) is 0 Å². The third kappa shape index (κ3) is 4.81. The van der Waals surface area contributed by atoms with Crippen molar-refractivity contribution < 1.29 is 19.1 Å². The maximum absolute atomic E-state index is 12.2. The van der Waals surface area contributed by atoms with Gasteiger partial charge in [-0.2, -0.15) is 0 Å². The van der Waals surface area contributed by atoms with Gasteiger partial charge in [0.25, 0.3) is 0 Å². The van der Waals surface area contributed by atoms with Gasteiger partial charge in [0.05, 0.1) is 3.70 Å². The summed E-state index contributed by atoms with van der Waals surface area (Å²) in [5.41, 5.74) is -1.08. The molecule has 0 aromatic carbocycles. The maximum atomic E-state index is 12.2. The summed E-state index contributed by atoms with van der Waals surface area (Å²) in [7, 11) is 0. The third-order valence-electron chi connectivity index (χ3n) is 2.02. The molecule has 1 aromatic heterocycles. The summed E-state index contributed by atoms with van der Waals surface area (Å²) in [6.45, 7) is 10.6. The van der Waals surface area contributed by atoms with Crippen molar-refractivity contribution in [1.29, 1.82) is 0 Å². The van der Waals surface area contributed by atoms with Crippen molar-refractivity contribution >= 4 is 34.7 Å². The topological polar surface area (TPSA) is 57.5 Å². The van der Waals surface area contributed by atoms with E-state index in [0.717, 1.165) is 0 Å². The van der Waals surface area contributed by atoms with Crippen molar-refractivity contribution in [2.75, 3.05) is 0 Å². The Bertz CT molecular complexity index is 520. The van der Waals surface area contributed by atoms with Gasteiger partial charge >= 0.3 is 12.1 Å². The second kappa shape index (κ2) is 5.75. The van der Waals surface area contributed by atoms with Crippen LogP contribution in [0.5, 0.6) is 0 Å². The van der Waals surface area contributed by atoms with E-state index < -0.39 is 23.3 Å². The number of ether oxygens (including phenoxy) is 2. The normalized spacial score (nSPS) is 12.2. The van der Waals surface area contributed by atoms with Gasteiger partial charge in [0.15, 0.2) is 0 Å². The second-order valence-electron chi connectivity index (χ2n) is 6.36. The van der Waals surface area contributed by atoms with Crippen LogP contribution in [0.1, 0.15) is 52.0 Å². The highest BCUT2D eigenvalue weighted by Gasteiger charge is 2.27. The summed E-state index contributed by atoms with van der Waals surface area (Å²) < 4.78 is 12.4. The van der Waals surface area contributed by atoms with Crippen LogP contribution in [-0.2, 0) is 9.47 Å². The first-order valence-corrected chi connectivity index (χ1v) is 7.32. The smallest absolute Gasteiger partial charge is 0.420 e. The molecular formula is C14H20INO4. The molecule has 0 spiro atoms. The summed E-state index contributed by atoms with van der Waals surface area (Å²) in [6, 6.07) is 3.23. The first-order valence-electron chi connectivity index (χ1n) is 6.25. The Morgan fingerprint density at radius 1 is 1.00 bits per heavy atom. The van der Waals surface area contributed by atoms with Crippen LogP contribution in [0.3, 0.4) is 0 Å². The molecule has 0 aliphatic rings. The Kier molecular flexibility index (Phi) is 4.89. The molecule has 6 heteroatoms. The first-order chi connectivity index (χ1) is 8.91. The number of nitrogens with zero attached hydrogens (tertiary/aromatic N) is 1. The molecule has 0 saturated carbocycles. The number of rotatable bonds is 1. The standard InChI is InChI=1S/C14H20INO4/c1-13(2,3)19-11(17)9-7-8-10(15)16(9)12(18)20-14(4,5)6/h7-8H,1-6H3. The first kappa shape index (κ1) is 17.0. The molecule has 1 heterocycles. The molecule has 5 nitrogen and oxygen atoms in total. The molecule has 20 heavy (non-hydrogen) atoms. The molecule has 1 aromatic rings. The highest BCUT2D eigenvalue weighted by atomic mass is 127. The predicted octanol–water partition coefficient (Wildman–Crippen LogP) is 3.83. The van der Waals surface area contributed by atoms with Crippen molar-refractivity contribution in [3.05, 3.63) is 21.5 Å². The Labute approximate surface area is 132 Å². The van der Waals surface area contributed by atoms with Crippen molar-refractivity contribution in [2.24, 2.45) is 0 Å². The van der Waals surface area contributed by atoms with Gasteiger partial charge in [0.2, 0.25) is 0 Å². The lowest BCUT2D eigenvalue weighted by Gasteiger charge is -2.22. The number of halogens is 1. The fourth-order valence-corrected chi connectivity index (χ4v) is 2.03. The lowest BCUT2D eigenvalue weighted by atomic mass is 10.2. The van der Waals surface area contributed by atoms with Crippen molar-refractivity contribution in [3.63, 3.8) is 0 Å². The minimum absolute atomic E-state index is 0.165. The lowest BCUT2D eigenvalue weighted by molar-refractivity contribution is 0.00486. The average Bonchev–Trinajstić information content (AvgIpc) is 2.54. The molecular weight excluding hydrogens is 373 g/mol. The average molecular weight is 393 g/mol. The second-order valence-corrected chi connectivity index (χ2v) is 7.46. The van der Waals surface area contributed by atoms with Gasteiger partial charge in [-0.05, 0) is 76.3 Å². The molecule has 0 aliphatic carbocycles. The van der Waals surface area contributed by atoms with Crippen LogP contribution in [0.15, 0.2) is 12.1 Å². The van der Waals surface area contributed by atoms with Crippen LogP contribution in [0.4, 0.5) is 4.79 Å². The van der Waals surface area contributed by atoms with Crippen LogP contribution < -0.4 is 0 Å². The minimum atomic E-state index is -0.629. The summed E-state index contributed by atoms with van der Waals surface area (Å²) in [4.78, 5) is 24.3. The van der Waals surface area contributed by atoms with E-state index in [4.69, 9.17) is 9.47 Å². The highest BCUT2D eigenvalue weighted by molar-refractivity contribution is 14.1. The molecule has 1 rings (SSSR count). The van der Waals surface area contributed by atoms with E-state index in [1.165, 1.54) is 4.57 Å². The summed E-state index contributed by atoms with van der Waals surface area (Å²) in [5.74, 6) is -0.550. The van der Waals surface area contributed by atoms with Crippen LogP contribution in [0, 0.1) is 3.70 Å². The molecule has 0 aliphatic heterocycles. The lowest BCUT2D eigenvalue weighted by Crippen LogP contribution is -2.31. The van der Waals surface area contributed by atoms with Gasteiger partial charge in [0.1, 0.15) is 16.9 Å². The van der Waals surface area contributed by atoms with E-state index >= 15 is 0 Å². The highest BCUT2D eigenvalue weighted by Crippen LogP contribution is 2.19. The summed E-state index contributed by atoms with van der Waals surface area (Å²) in [6.07, 6.45) is -0.590. The van der Waals surface area contributed by atoms with Crippen molar-refractivity contribution in [2.45, 2.75) is 52.7 Å². The van der Waals surface area contributed by atoms with Crippen LogP contribution in [0.2, 0.25) is 0 Å². The van der Waals surface area contributed by atoms with Gasteiger partial charge in [-0.15, -0.1) is 0 Å². The van der Waals surface area contributed by atoms with Crippen LogP contribution in [-0.4, -0.2) is 27.8 Å². The van der Waals surface area contributed by atoms with Crippen molar-refractivity contribution in [3.8, 4) is 0 Å². The molecule has 112 valence electrons. The number of hydrogen-bond donors (Lipinski definition) is 0. The minimum Gasteiger partial charge on any atom is -0.455 e. The fraction of sp³-hybridized carbons (Fsp3) is 0.571. The number of carbonyl (C=O) groups excluding carboxylic acids is 2. The Morgan fingerprint density at radius 2 is 1.50 bits per heavy atom. The molecule has 0 fully saturated rings. The van der Waals surface area contributed by atoms with E-state index in [1.54, 1.807) is 53.7 Å². The quantitative estimate of drug-likeness (QED) is 0.538. The van der Waals surface area contributed by atoms with Gasteiger partial charge < -0.3 is 9.47 Å². The largest absolute Gasteiger partial charge is 0.455 e. The molecule has 0 unspecified atom stereocenters. The van der Waals surface area contributed by atoms with E-state index in [9.17, 15) is 9.59 Å². The third-order valence-corrected chi connectivity index (χ3v) is 2.86. The van der Waals surface area contributed by atoms with Crippen LogP contribution >= 0.6 is 22.6 Å². The summed E-state index contributed by atoms with van der Waals surface area (Å²) in [5, 5.41) is 0. The Balaban J connectivity index is 3.07. The van der Waals surface area contributed by atoms with E-state index in [0.29, 0.717) is 3.70 Å². The Hall–Kier alpha value is -1.05.